The van der Waals surface area contributed by atoms with Crippen LogP contribution >= 0.6 is 0 Å². The molecule has 0 saturated carbocycles. The number of carbonyl (C=O) groups is 1. The summed E-state index contributed by atoms with van der Waals surface area (Å²) in [7, 11) is -3.17. The van der Waals surface area contributed by atoms with E-state index >= 15 is 0 Å². The van der Waals surface area contributed by atoms with Gasteiger partial charge in [-0.25, -0.2) is 23.4 Å². The van der Waals surface area contributed by atoms with Crippen LogP contribution in [0.2, 0.25) is 0 Å². The second-order valence-electron chi connectivity index (χ2n) is 12.2. The lowest BCUT2D eigenvalue weighted by Crippen LogP contribution is -2.42. The number of rotatable bonds is 9. The lowest BCUT2D eigenvalue weighted by Gasteiger charge is -2.33. The van der Waals surface area contributed by atoms with Crippen molar-refractivity contribution in [2.24, 2.45) is 0 Å². The third-order valence-corrected chi connectivity index (χ3v) is 9.65. The second kappa shape index (κ2) is 13.4. The van der Waals surface area contributed by atoms with Gasteiger partial charge in [0.25, 0.3) is 17.0 Å². The number of fused-ring (bicyclic) bond motifs is 2. The Bertz CT molecular complexity index is 2290. The highest BCUT2D eigenvalue weighted by molar-refractivity contribution is 7.90. The van der Waals surface area contributed by atoms with E-state index in [1.807, 2.05) is 0 Å². The Morgan fingerprint density at radius 1 is 0.940 bits per heavy atom. The zero-order chi connectivity index (χ0) is 35.0. The summed E-state index contributed by atoms with van der Waals surface area (Å²) < 4.78 is 28.7. The number of H-pyrrole nitrogens is 2. The zero-order valence-corrected chi connectivity index (χ0v) is 27.8. The van der Waals surface area contributed by atoms with E-state index in [1.54, 1.807) is 41.4 Å². The van der Waals surface area contributed by atoms with Crippen LogP contribution in [0.4, 0.5) is 11.6 Å². The Labute approximate surface area is 285 Å². The predicted octanol–water partition coefficient (Wildman–Crippen LogP) is 2.12. The Hall–Kier alpha value is -5.55. The third-order valence-electron chi connectivity index (χ3n) is 8.62. The van der Waals surface area contributed by atoms with Crippen molar-refractivity contribution in [3.05, 3.63) is 86.5 Å². The van der Waals surface area contributed by atoms with Crippen LogP contribution in [-0.4, -0.2) is 85.6 Å². The van der Waals surface area contributed by atoms with E-state index < -0.39 is 22.0 Å². The number of aliphatic hydroxyl groups is 1. The van der Waals surface area contributed by atoms with Crippen molar-refractivity contribution < 1.29 is 22.7 Å². The number of aromatic amines is 2. The molecule has 0 spiro atoms. The average molecular weight is 700 g/mol. The zero-order valence-electron chi connectivity index (χ0n) is 27.0. The number of nitrogens with one attached hydrogen (secondary N) is 2. The highest BCUT2D eigenvalue weighted by atomic mass is 32.2. The molecule has 3 N–H and O–H groups in total. The van der Waals surface area contributed by atoms with Crippen LogP contribution in [0.3, 0.4) is 0 Å². The summed E-state index contributed by atoms with van der Waals surface area (Å²) in [5.74, 6) is 0.647. The molecule has 0 aromatic carbocycles. The third kappa shape index (κ3) is 6.69. The number of hydrogen-bond donors (Lipinski definition) is 3. The van der Waals surface area contributed by atoms with E-state index in [0.717, 1.165) is 6.26 Å². The molecule has 0 bridgehead atoms. The number of sulfone groups is 1. The van der Waals surface area contributed by atoms with E-state index in [0.29, 0.717) is 72.7 Å². The topological polar surface area (TPSA) is 221 Å². The molecule has 7 rings (SSSR count). The first-order chi connectivity index (χ1) is 24.1. The van der Waals surface area contributed by atoms with Crippen molar-refractivity contribution in [2.45, 2.75) is 44.8 Å². The van der Waals surface area contributed by atoms with Gasteiger partial charge in [-0.1, -0.05) is 6.07 Å². The van der Waals surface area contributed by atoms with Gasteiger partial charge in [0.2, 0.25) is 5.89 Å². The van der Waals surface area contributed by atoms with Crippen molar-refractivity contribution >= 4 is 27.4 Å². The molecule has 7 heterocycles. The van der Waals surface area contributed by atoms with Crippen molar-refractivity contribution in [1.82, 2.24) is 34.9 Å². The molecule has 50 heavy (non-hydrogen) atoms. The molecule has 2 aliphatic rings. The smallest absolute Gasteiger partial charge is 0.281 e. The molecule has 1 amide bonds. The van der Waals surface area contributed by atoms with Crippen LogP contribution < -0.4 is 20.9 Å². The van der Waals surface area contributed by atoms with E-state index in [2.05, 4.69) is 34.9 Å². The Morgan fingerprint density at radius 3 is 2.32 bits per heavy atom. The fraction of sp³-hybridized carbons (Fsp3) is 0.333. The van der Waals surface area contributed by atoms with Gasteiger partial charge in [0, 0.05) is 31.7 Å². The lowest BCUT2D eigenvalue weighted by molar-refractivity contribution is 0.0979. The summed E-state index contributed by atoms with van der Waals surface area (Å²) in [6.07, 6.45) is 7.10. The van der Waals surface area contributed by atoms with Gasteiger partial charge < -0.3 is 24.4 Å². The number of amides is 1. The van der Waals surface area contributed by atoms with E-state index in [4.69, 9.17) is 4.42 Å². The first-order valence-electron chi connectivity index (χ1n) is 16.1. The summed E-state index contributed by atoms with van der Waals surface area (Å²) in [6.45, 7) is 0.797. The van der Waals surface area contributed by atoms with Crippen LogP contribution in [-0.2, 0) is 22.7 Å². The molecular formula is C33H33N9O7S. The molecule has 0 aliphatic carbocycles. The van der Waals surface area contributed by atoms with E-state index in [9.17, 15) is 27.9 Å². The van der Waals surface area contributed by atoms with Crippen LogP contribution in [0, 0.1) is 0 Å². The molecule has 5 aromatic heterocycles. The maximum absolute atomic E-state index is 13.7. The summed E-state index contributed by atoms with van der Waals surface area (Å²) in [5, 5.41) is 10.9. The van der Waals surface area contributed by atoms with Gasteiger partial charge in [-0.15, -0.1) is 0 Å². The van der Waals surface area contributed by atoms with Gasteiger partial charge in [-0.05, 0) is 62.8 Å². The minimum Gasteiger partial charge on any atom is -0.444 e. The van der Waals surface area contributed by atoms with E-state index in [-0.39, 0.29) is 58.8 Å². The number of anilines is 2. The van der Waals surface area contributed by atoms with Gasteiger partial charge >= 0.3 is 0 Å². The van der Waals surface area contributed by atoms with Crippen molar-refractivity contribution in [2.75, 3.05) is 34.9 Å². The Kier molecular flexibility index (Phi) is 8.83. The number of aromatic nitrogens is 7. The number of pyridine rings is 2. The molecule has 258 valence electrons. The number of carbonyl (C=O) groups excluding carboxylic acids is 1. The first-order valence-corrected chi connectivity index (χ1v) is 18.2. The van der Waals surface area contributed by atoms with Gasteiger partial charge in [0.1, 0.15) is 45.4 Å². The average Bonchev–Trinajstić information content (AvgIpc) is 3.61. The number of aliphatic hydroxyl groups excluding tert-OH is 1. The minimum atomic E-state index is -3.17. The number of nitrogens with zero attached hydrogens (tertiary/aromatic N) is 7. The van der Waals surface area contributed by atoms with Crippen LogP contribution in [0.5, 0.6) is 0 Å². The van der Waals surface area contributed by atoms with Gasteiger partial charge in [-0.3, -0.25) is 29.3 Å². The Morgan fingerprint density at radius 2 is 1.64 bits per heavy atom. The van der Waals surface area contributed by atoms with Crippen LogP contribution in [0.15, 0.2) is 63.0 Å². The summed E-state index contributed by atoms with van der Waals surface area (Å²) in [6, 6.07) is 8.53. The SMILES string of the molecule is CS(=O)(=O)CCCC(O)N1CCCc2c1nc(-c1ccc(-c3nc(C(=O)N4CCCc5c4nc(-c4ccccn4)[nH]c5=O)co3)cn1)[nH]c2=O. The maximum atomic E-state index is 13.7. The normalized spacial score (nSPS) is 15.0. The highest BCUT2D eigenvalue weighted by Gasteiger charge is 2.30. The Balaban J connectivity index is 1.11. The fourth-order valence-corrected chi connectivity index (χ4v) is 6.85. The summed E-state index contributed by atoms with van der Waals surface area (Å²) in [4.78, 5) is 70.6. The largest absolute Gasteiger partial charge is 0.444 e. The van der Waals surface area contributed by atoms with Gasteiger partial charge in [0.15, 0.2) is 17.3 Å². The van der Waals surface area contributed by atoms with E-state index in [1.165, 1.54) is 17.4 Å². The molecular weight excluding hydrogens is 666 g/mol. The minimum absolute atomic E-state index is 0.0225. The number of oxazole rings is 1. The molecule has 0 saturated heterocycles. The highest BCUT2D eigenvalue weighted by Crippen LogP contribution is 2.29. The van der Waals surface area contributed by atoms with Crippen molar-refractivity contribution in [3.63, 3.8) is 0 Å². The maximum Gasteiger partial charge on any atom is 0.281 e. The second-order valence-corrected chi connectivity index (χ2v) is 14.5. The quantitative estimate of drug-likeness (QED) is 0.201. The summed E-state index contributed by atoms with van der Waals surface area (Å²) in [5.41, 5.74) is 1.48. The van der Waals surface area contributed by atoms with Gasteiger partial charge in [-0.2, -0.15) is 0 Å². The molecule has 17 heteroatoms. The standard InChI is InChI=1S/C33H33N9O7S/c1-50(47,48)16-6-10-25(43)41-14-4-7-20-28(41)37-27(40-30(20)44)23-12-11-19(17-35-23)32-36-24(18-49-32)33(46)42-15-5-8-21-29(42)38-26(39-31(21)45)22-9-2-3-13-34-22/h2-3,9,11-13,17-18,25,43H,4-8,10,14-16H2,1H3,(H,37,40,44)(H,38,39,45). The van der Waals surface area contributed by atoms with Gasteiger partial charge in [0.05, 0.1) is 22.4 Å². The monoisotopic (exact) mass is 699 g/mol. The molecule has 16 nitrogen and oxygen atoms in total. The predicted molar refractivity (Wildman–Crippen MR) is 182 cm³/mol. The fourth-order valence-electron chi connectivity index (χ4n) is 6.16. The molecule has 2 aliphatic heterocycles. The first kappa shape index (κ1) is 33.0. The molecule has 1 atom stereocenters. The molecule has 5 aromatic rings. The van der Waals surface area contributed by atoms with Crippen LogP contribution in [0.1, 0.15) is 47.3 Å². The molecule has 0 fully saturated rings. The van der Waals surface area contributed by atoms with Crippen LogP contribution in [0.25, 0.3) is 34.5 Å². The van der Waals surface area contributed by atoms with Crippen molar-refractivity contribution in [1.29, 1.82) is 0 Å². The molecule has 1 unspecified atom stereocenters. The lowest BCUT2D eigenvalue weighted by atomic mass is 10.1. The van der Waals surface area contributed by atoms with Crippen molar-refractivity contribution in [3.8, 4) is 34.5 Å². The molecule has 0 radical (unpaired) electrons. The summed E-state index contributed by atoms with van der Waals surface area (Å²) >= 11 is 0. The number of hydrogen-bond acceptors (Lipinski definition) is 13.